The fourth-order valence-electron chi connectivity index (χ4n) is 2.74. The minimum atomic E-state index is -0.320. The lowest BCUT2D eigenvalue weighted by Gasteiger charge is -2.20. The van der Waals surface area contributed by atoms with Crippen LogP contribution in [0.15, 0.2) is 24.3 Å². The van der Waals surface area contributed by atoms with Crippen molar-refractivity contribution in [2.45, 2.75) is 38.3 Å². The van der Waals surface area contributed by atoms with Crippen LogP contribution in [-0.2, 0) is 20.9 Å². The van der Waals surface area contributed by atoms with Crippen LogP contribution in [0, 0.1) is 0 Å². The second-order valence-corrected chi connectivity index (χ2v) is 5.52. The SMILES string of the molecule is COc1ccccc1CNC(=O)CCC(=O)N1CCC[C@H]1C=O. The second kappa shape index (κ2) is 8.31. The molecule has 1 atom stereocenters. The Morgan fingerprint density at radius 1 is 1.35 bits per heavy atom. The van der Waals surface area contributed by atoms with E-state index in [1.165, 1.54) is 0 Å². The van der Waals surface area contributed by atoms with E-state index in [2.05, 4.69) is 5.32 Å². The first-order valence-corrected chi connectivity index (χ1v) is 7.79. The highest BCUT2D eigenvalue weighted by atomic mass is 16.5. The Bertz CT molecular complexity index is 573. The third-order valence-electron chi connectivity index (χ3n) is 4.01. The molecule has 1 saturated heterocycles. The van der Waals surface area contributed by atoms with Crippen molar-refractivity contribution in [1.82, 2.24) is 10.2 Å². The van der Waals surface area contributed by atoms with Gasteiger partial charge in [0.2, 0.25) is 11.8 Å². The molecular weight excluding hydrogens is 296 g/mol. The fraction of sp³-hybridized carbons (Fsp3) is 0.471. The van der Waals surface area contributed by atoms with Gasteiger partial charge in [0, 0.05) is 31.5 Å². The summed E-state index contributed by atoms with van der Waals surface area (Å²) in [6, 6.07) is 7.13. The lowest BCUT2D eigenvalue weighted by atomic mass is 10.2. The zero-order chi connectivity index (χ0) is 16.7. The van der Waals surface area contributed by atoms with Crippen LogP contribution in [0.3, 0.4) is 0 Å². The number of aldehydes is 1. The van der Waals surface area contributed by atoms with E-state index < -0.39 is 0 Å². The molecule has 1 aromatic rings. The van der Waals surface area contributed by atoms with Gasteiger partial charge in [-0.15, -0.1) is 0 Å². The number of ether oxygens (including phenoxy) is 1. The Morgan fingerprint density at radius 2 is 2.13 bits per heavy atom. The quantitative estimate of drug-likeness (QED) is 0.769. The van der Waals surface area contributed by atoms with E-state index in [9.17, 15) is 14.4 Å². The summed E-state index contributed by atoms with van der Waals surface area (Å²) in [6.45, 7) is 0.961. The third-order valence-corrected chi connectivity index (χ3v) is 4.01. The molecule has 1 N–H and O–H groups in total. The Hall–Kier alpha value is -2.37. The van der Waals surface area contributed by atoms with Crippen molar-refractivity contribution in [2.75, 3.05) is 13.7 Å². The largest absolute Gasteiger partial charge is 0.496 e. The van der Waals surface area contributed by atoms with Gasteiger partial charge < -0.3 is 19.7 Å². The van der Waals surface area contributed by atoms with Gasteiger partial charge in [-0.25, -0.2) is 0 Å². The Kier molecular flexibility index (Phi) is 6.14. The summed E-state index contributed by atoms with van der Waals surface area (Å²) in [7, 11) is 1.58. The van der Waals surface area contributed by atoms with Crippen molar-refractivity contribution in [1.29, 1.82) is 0 Å². The summed E-state index contributed by atoms with van der Waals surface area (Å²) in [4.78, 5) is 36.4. The van der Waals surface area contributed by atoms with Gasteiger partial charge in [-0.2, -0.15) is 0 Å². The molecule has 23 heavy (non-hydrogen) atoms. The highest BCUT2D eigenvalue weighted by Crippen LogP contribution is 2.18. The van der Waals surface area contributed by atoms with Crippen LogP contribution in [0.25, 0.3) is 0 Å². The highest BCUT2D eigenvalue weighted by Gasteiger charge is 2.28. The van der Waals surface area contributed by atoms with E-state index in [0.717, 1.165) is 30.4 Å². The maximum atomic E-state index is 12.1. The van der Waals surface area contributed by atoms with Crippen molar-refractivity contribution in [3.8, 4) is 5.75 Å². The van der Waals surface area contributed by atoms with Crippen LogP contribution < -0.4 is 10.1 Å². The number of nitrogens with zero attached hydrogens (tertiary/aromatic N) is 1. The number of para-hydroxylation sites is 1. The van der Waals surface area contributed by atoms with Crippen LogP contribution in [0.2, 0.25) is 0 Å². The molecule has 0 spiro atoms. The summed E-state index contributed by atoms with van der Waals surface area (Å²) >= 11 is 0. The monoisotopic (exact) mass is 318 g/mol. The normalized spacial score (nSPS) is 16.9. The summed E-state index contributed by atoms with van der Waals surface area (Å²) < 4.78 is 5.22. The van der Waals surface area contributed by atoms with Gasteiger partial charge in [0.1, 0.15) is 12.0 Å². The molecule has 2 rings (SSSR count). The van der Waals surface area contributed by atoms with E-state index in [0.29, 0.717) is 13.1 Å². The summed E-state index contributed by atoms with van der Waals surface area (Å²) in [5.41, 5.74) is 0.884. The molecular formula is C17H22N2O4. The van der Waals surface area contributed by atoms with Crippen molar-refractivity contribution < 1.29 is 19.1 Å². The Labute approximate surface area is 135 Å². The fourth-order valence-corrected chi connectivity index (χ4v) is 2.74. The minimum Gasteiger partial charge on any atom is -0.496 e. The number of methoxy groups -OCH3 is 1. The van der Waals surface area contributed by atoms with Crippen molar-refractivity contribution in [3.05, 3.63) is 29.8 Å². The molecule has 0 aliphatic carbocycles. The molecule has 1 fully saturated rings. The zero-order valence-electron chi connectivity index (χ0n) is 13.3. The average molecular weight is 318 g/mol. The number of carbonyl (C=O) groups is 3. The lowest BCUT2D eigenvalue weighted by Crippen LogP contribution is -2.37. The van der Waals surface area contributed by atoms with Crippen LogP contribution >= 0.6 is 0 Å². The molecule has 0 saturated carbocycles. The van der Waals surface area contributed by atoms with Crippen molar-refractivity contribution in [3.63, 3.8) is 0 Å². The molecule has 1 aromatic carbocycles. The van der Waals surface area contributed by atoms with Crippen LogP contribution in [-0.4, -0.2) is 42.7 Å². The Balaban J connectivity index is 1.77. The molecule has 0 radical (unpaired) electrons. The van der Waals surface area contributed by atoms with Gasteiger partial charge in [0.15, 0.2) is 0 Å². The average Bonchev–Trinajstić information content (AvgIpc) is 3.06. The number of carbonyl (C=O) groups excluding carboxylic acids is 3. The number of benzene rings is 1. The number of likely N-dealkylation sites (tertiary alicyclic amines) is 1. The molecule has 2 amide bonds. The summed E-state index contributed by atoms with van der Waals surface area (Å²) in [5.74, 6) is 0.396. The maximum Gasteiger partial charge on any atom is 0.223 e. The first-order chi connectivity index (χ1) is 11.2. The number of amides is 2. The molecule has 1 aliphatic rings. The van der Waals surface area contributed by atoms with E-state index >= 15 is 0 Å². The maximum absolute atomic E-state index is 12.1. The zero-order valence-corrected chi connectivity index (χ0v) is 13.3. The van der Waals surface area contributed by atoms with Gasteiger partial charge in [0.25, 0.3) is 0 Å². The molecule has 0 unspecified atom stereocenters. The van der Waals surface area contributed by atoms with Gasteiger partial charge in [0.05, 0.1) is 13.2 Å². The van der Waals surface area contributed by atoms with Crippen LogP contribution in [0.1, 0.15) is 31.2 Å². The van der Waals surface area contributed by atoms with E-state index in [1.807, 2.05) is 24.3 Å². The van der Waals surface area contributed by atoms with E-state index in [-0.39, 0.29) is 30.7 Å². The Morgan fingerprint density at radius 3 is 2.87 bits per heavy atom. The van der Waals surface area contributed by atoms with Crippen molar-refractivity contribution >= 4 is 18.1 Å². The standard InChI is InChI=1S/C17H22N2O4/c1-23-15-7-3-2-5-13(15)11-18-16(21)8-9-17(22)19-10-4-6-14(19)12-20/h2-3,5,7,12,14H,4,6,8-11H2,1H3,(H,18,21)/t14-/m0/s1. The third kappa shape index (κ3) is 4.55. The van der Waals surface area contributed by atoms with E-state index in [4.69, 9.17) is 4.74 Å². The molecule has 1 aliphatic heterocycles. The second-order valence-electron chi connectivity index (χ2n) is 5.52. The molecule has 6 heteroatoms. The summed E-state index contributed by atoms with van der Waals surface area (Å²) in [6.07, 6.45) is 2.62. The first-order valence-electron chi connectivity index (χ1n) is 7.79. The molecule has 1 heterocycles. The van der Waals surface area contributed by atoms with E-state index in [1.54, 1.807) is 12.0 Å². The number of rotatable bonds is 7. The smallest absolute Gasteiger partial charge is 0.223 e. The van der Waals surface area contributed by atoms with Crippen LogP contribution in [0.5, 0.6) is 5.75 Å². The molecule has 0 bridgehead atoms. The van der Waals surface area contributed by atoms with Gasteiger partial charge in [-0.1, -0.05) is 18.2 Å². The molecule has 0 aromatic heterocycles. The number of hydrogen-bond acceptors (Lipinski definition) is 4. The van der Waals surface area contributed by atoms with Gasteiger partial charge in [-0.3, -0.25) is 9.59 Å². The van der Waals surface area contributed by atoms with Gasteiger partial charge >= 0.3 is 0 Å². The molecule has 6 nitrogen and oxygen atoms in total. The topological polar surface area (TPSA) is 75.7 Å². The number of nitrogens with one attached hydrogen (secondary N) is 1. The predicted molar refractivity (Wildman–Crippen MR) is 84.9 cm³/mol. The van der Waals surface area contributed by atoms with Crippen LogP contribution in [0.4, 0.5) is 0 Å². The molecule has 124 valence electrons. The first kappa shape index (κ1) is 17.0. The van der Waals surface area contributed by atoms with Crippen molar-refractivity contribution in [2.24, 2.45) is 0 Å². The summed E-state index contributed by atoms with van der Waals surface area (Å²) in [5, 5.41) is 2.79. The predicted octanol–water partition coefficient (Wildman–Crippen LogP) is 1.28. The highest BCUT2D eigenvalue weighted by molar-refractivity contribution is 5.85. The van der Waals surface area contributed by atoms with Gasteiger partial charge in [-0.05, 0) is 18.9 Å². The minimum absolute atomic E-state index is 0.121. The lowest BCUT2D eigenvalue weighted by molar-refractivity contribution is -0.136. The number of hydrogen-bond donors (Lipinski definition) is 1.